The van der Waals surface area contributed by atoms with Gasteiger partial charge in [-0.2, -0.15) is 4.98 Å². The van der Waals surface area contributed by atoms with Gasteiger partial charge in [0.2, 0.25) is 5.89 Å². The fourth-order valence-electron chi connectivity index (χ4n) is 3.20. The minimum atomic E-state index is -0.153. The molecule has 3 rings (SSSR count). The van der Waals surface area contributed by atoms with Crippen molar-refractivity contribution in [3.05, 3.63) is 47.6 Å². The number of aromatic nitrogens is 2. The smallest absolute Gasteiger partial charge is 0.240 e. The number of hydrogen-bond donors (Lipinski definition) is 1. The van der Waals surface area contributed by atoms with E-state index in [1.807, 2.05) is 13.0 Å². The van der Waals surface area contributed by atoms with Crippen LogP contribution in [-0.4, -0.2) is 41.8 Å². The lowest BCUT2D eigenvalue weighted by molar-refractivity contribution is 0.109. The Kier molecular flexibility index (Phi) is 6.74. The van der Waals surface area contributed by atoms with Crippen LogP contribution in [0.3, 0.4) is 0 Å². The second kappa shape index (κ2) is 8.58. The van der Waals surface area contributed by atoms with Gasteiger partial charge in [0, 0.05) is 26.1 Å². The molecule has 132 valence electrons. The fraction of sp³-hybridized carbons (Fsp3) is 0.529. The second-order valence-electron chi connectivity index (χ2n) is 6.13. The van der Waals surface area contributed by atoms with Crippen molar-refractivity contribution in [1.29, 1.82) is 0 Å². The Hall–Kier alpha value is -1.47. The third kappa shape index (κ3) is 4.13. The van der Waals surface area contributed by atoms with Gasteiger partial charge >= 0.3 is 0 Å². The highest BCUT2D eigenvalue weighted by molar-refractivity contribution is 5.85. The van der Waals surface area contributed by atoms with Gasteiger partial charge in [-0.1, -0.05) is 35.5 Å². The lowest BCUT2D eigenvalue weighted by atomic mass is 9.89. The van der Waals surface area contributed by atoms with E-state index in [0.29, 0.717) is 36.6 Å². The summed E-state index contributed by atoms with van der Waals surface area (Å²) in [6, 6.07) is 10.6. The number of rotatable bonds is 6. The summed E-state index contributed by atoms with van der Waals surface area (Å²) in [6.45, 7) is 5.16. The molecule has 24 heavy (non-hydrogen) atoms. The summed E-state index contributed by atoms with van der Waals surface area (Å²) < 4.78 is 10.6. The lowest BCUT2D eigenvalue weighted by Gasteiger charge is -2.16. The number of hydrogen-bond acceptors (Lipinski definition) is 6. The van der Waals surface area contributed by atoms with Crippen molar-refractivity contribution in [3.63, 3.8) is 0 Å². The zero-order valence-electron chi connectivity index (χ0n) is 14.1. The number of methoxy groups -OCH3 is 1. The molecule has 1 aliphatic heterocycles. The van der Waals surface area contributed by atoms with Crippen LogP contribution in [0.15, 0.2) is 34.9 Å². The highest BCUT2D eigenvalue weighted by atomic mass is 35.5. The highest BCUT2D eigenvalue weighted by Gasteiger charge is 2.33. The summed E-state index contributed by atoms with van der Waals surface area (Å²) in [4.78, 5) is 6.75. The molecule has 1 aromatic carbocycles. The molecule has 0 radical (unpaired) electrons. The summed E-state index contributed by atoms with van der Waals surface area (Å²) in [7, 11) is 1.64. The zero-order chi connectivity index (χ0) is 16.2. The van der Waals surface area contributed by atoms with Gasteiger partial charge in [0.15, 0.2) is 5.82 Å². The van der Waals surface area contributed by atoms with Crippen molar-refractivity contribution in [2.75, 3.05) is 26.7 Å². The summed E-state index contributed by atoms with van der Waals surface area (Å²) in [5.74, 6) is 2.14. The maximum Gasteiger partial charge on any atom is 0.240 e. The van der Waals surface area contributed by atoms with Crippen LogP contribution in [-0.2, 0) is 11.3 Å². The lowest BCUT2D eigenvalue weighted by Crippen LogP contribution is -2.23. The number of benzene rings is 1. The van der Waals surface area contributed by atoms with Gasteiger partial charge in [0.1, 0.15) is 6.10 Å². The van der Waals surface area contributed by atoms with Crippen molar-refractivity contribution in [3.8, 4) is 0 Å². The Balaban J connectivity index is 0.00000208. The van der Waals surface area contributed by atoms with Crippen LogP contribution in [0.2, 0.25) is 0 Å². The largest absolute Gasteiger partial charge is 0.374 e. The van der Waals surface area contributed by atoms with Gasteiger partial charge in [0.25, 0.3) is 0 Å². The Labute approximate surface area is 148 Å². The zero-order valence-corrected chi connectivity index (χ0v) is 14.9. The molecular formula is C17H25ClN4O2. The van der Waals surface area contributed by atoms with E-state index in [1.54, 1.807) is 7.11 Å². The number of nitrogens with two attached hydrogens (primary N) is 1. The van der Waals surface area contributed by atoms with Crippen LogP contribution in [0.5, 0.6) is 0 Å². The molecule has 1 aliphatic rings. The van der Waals surface area contributed by atoms with E-state index in [9.17, 15) is 0 Å². The van der Waals surface area contributed by atoms with E-state index in [4.69, 9.17) is 15.0 Å². The molecule has 0 spiro atoms. The molecule has 7 heteroatoms. The SMILES string of the molecule is COC(C)c1noc(CN2C[C@@H](CN)[C@H](c3ccccc3)C2)n1.Cl. The highest BCUT2D eigenvalue weighted by Crippen LogP contribution is 2.32. The van der Waals surface area contributed by atoms with Crippen molar-refractivity contribution >= 4 is 12.4 Å². The minimum Gasteiger partial charge on any atom is -0.374 e. The third-order valence-corrected chi connectivity index (χ3v) is 4.61. The van der Waals surface area contributed by atoms with Crippen LogP contribution in [0.4, 0.5) is 0 Å². The van der Waals surface area contributed by atoms with Crippen molar-refractivity contribution < 1.29 is 9.26 Å². The molecule has 3 atom stereocenters. The topological polar surface area (TPSA) is 77.4 Å². The van der Waals surface area contributed by atoms with Gasteiger partial charge < -0.3 is 15.0 Å². The van der Waals surface area contributed by atoms with E-state index in [0.717, 1.165) is 13.1 Å². The van der Waals surface area contributed by atoms with Crippen LogP contribution in [0, 0.1) is 5.92 Å². The fourth-order valence-corrected chi connectivity index (χ4v) is 3.20. The summed E-state index contributed by atoms with van der Waals surface area (Å²) in [5.41, 5.74) is 7.34. The number of nitrogens with zero attached hydrogens (tertiary/aromatic N) is 3. The molecular weight excluding hydrogens is 328 g/mol. The molecule has 2 heterocycles. The molecule has 0 bridgehead atoms. The summed E-state index contributed by atoms with van der Waals surface area (Å²) >= 11 is 0. The van der Waals surface area contributed by atoms with Crippen LogP contribution >= 0.6 is 12.4 Å². The predicted molar refractivity (Wildman–Crippen MR) is 94.0 cm³/mol. The van der Waals surface area contributed by atoms with Gasteiger partial charge in [-0.15, -0.1) is 12.4 Å². The molecule has 1 unspecified atom stereocenters. The normalized spacial score (nSPS) is 22.3. The molecule has 1 saturated heterocycles. The second-order valence-corrected chi connectivity index (χ2v) is 6.13. The molecule has 0 amide bonds. The molecule has 1 fully saturated rings. The van der Waals surface area contributed by atoms with E-state index in [1.165, 1.54) is 5.56 Å². The standard InChI is InChI=1S/C17H24N4O2.ClH/c1-12(22-2)17-19-16(23-20-17)11-21-9-14(8-18)15(10-21)13-6-4-3-5-7-13;/h3-7,12,14-15H,8-11,18H2,1-2H3;1H/t12?,14-,15+;/m1./s1. The average molecular weight is 353 g/mol. The van der Waals surface area contributed by atoms with Gasteiger partial charge in [-0.05, 0) is 24.9 Å². The van der Waals surface area contributed by atoms with E-state index in [2.05, 4.69) is 39.3 Å². The van der Waals surface area contributed by atoms with Gasteiger partial charge in [-0.3, -0.25) is 4.90 Å². The van der Waals surface area contributed by atoms with Gasteiger partial charge in [0.05, 0.1) is 6.54 Å². The number of likely N-dealkylation sites (tertiary alicyclic amines) is 1. The Morgan fingerprint density at radius 3 is 2.75 bits per heavy atom. The Morgan fingerprint density at radius 2 is 2.08 bits per heavy atom. The monoisotopic (exact) mass is 352 g/mol. The molecule has 2 N–H and O–H groups in total. The van der Waals surface area contributed by atoms with E-state index >= 15 is 0 Å². The first-order valence-electron chi connectivity index (χ1n) is 8.04. The molecule has 2 aromatic rings. The van der Waals surface area contributed by atoms with Crippen molar-refractivity contribution in [1.82, 2.24) is 15.0 Å². The first kappa shape index (κ1) is 18.9. The van der Waals surface area contributed by atoms with Crippen molar-refractivity contribution in [2.24, 2.45) is 11.7 Å². The van der Waals surface area contributed by atoms with Gasteiger partial charge in [-0.25, -0.2) is 0 Å². The maximum atomic E-state index is 5.98. The first-order chi connectivity index (χ1) is 11.2. The number of ether oxygens (including phenoxy) is 1. The predicted octanol–water partition coefficient (Wildman–Crippen LogP) is 2.37. The first-order valence-corrected chi connectivity index (χ1v) is 8.04. The quantitative estimate of drug-likeness (QED) is 0.860. The third-order valence-electron chi connectivity index (χ3n) is 4.61. The molecule has 1 aromatic heterocycles. The molecule has 0 saturated carbocycles. The molecule has 0 aliphatic carbocycles. The minimum absolute atomic E-state index is 0. The Bertz CT molecular complexity index is 622. The summed E-state index contributed by atoms with van der Waals surface area (Å²) in [5, 5.41) is 3.98. The average Bonchev–Trinajstić information content (AvgIpc) is 3.22. The maximum absolute atomic E-state index is 5.98. The van der Waals surface area contributed by atoms with Crippen LogP contribution in [0.1, 0.15) is 36.2 Å². The number of halogens is 1. The summed E-state index contributed by atoms with van der Waals surface area (Å²) in [6.07, 6.45) is -0.153. The van der Waals surface area contributed by atoms with E-state index in [-0.39, 0.29) is 18.5 Å². The Morgan fingerprint density at radius 1 is 1.33 bits per heavy atom. The van der Waals surface area contributed by atoms with Crippen LogP contribution in [0.25, 0.3) is 0 Å². The van der Waals surface area contributed by atoms with Crippen molar-refractivity contribution in [2.45, 2.75) is 25.5 Å². The molecule has 6 nitrogen and oxygen atoms in total. The van der Waals surface area contributed by atoms with Crippen LogP contribution < -0.4 is 5.73 Å². The van der Waals surface area contributed by atoms with E-state index < -0.39 is 0 Å².